The minimum absolute atomic E-state index is 1.12. The lowest BCUT2D eigenvalue weighted by Crippen LogP contribution is -2.26. The van der Waals surface area contributed by atoms with Crippen LogP contribution < -0.4 is 4.57 Å². The minimum atomic E-state index is 1.12. The summed E-state index contributed by atoms with van der Waals surface area (Å²) in [4.78, 5) is 0. The van der Waals surface area contributed by atoms with Gasteiger partial charge in [-0.3, -0.25) is 0 Å². The Kier molecular flexibility index (Phi) is 2.68. The third-order valence-electron chi connectivity index (χ3n) is 6.19. The normalized spacial score (nSPS) is 12.3. The number of rotatable bonds is 1. The van der Waals surface area contributed by atoms with Crippen molar-refractivity contribution in [2.75, 3.05) is 0 Å². The second-order valence-corrected chi connectivity index (χ2v) is 7.74. The Bertz CT molecular complexity index is 1700. The van der Waals surface area contributed by atoms with Gasteiger partial charge in [-0.05, 0) is 12.1 Å². The highest BCUT2D eigenvalue weighted by atomic mass is 15.1. The fourth-order valence-corrected chi connectivity index (χ4v) is 4.93. The van der Waals surface area contributed by atoms with Crippen molar-refractivity contribution in [2.24, 2.45) is 7.05 Å². The van der Waals surface area contributed by atoms with Gasteiger partial charge in [-0.1, -0.05) is 72.8 Å². The SMILES string of the molecule is C[n+]1[c-]n(-c2ccccc2)c2cc3c(cc21)c1cccc2c4ccccc4n3c21. The van der Waals surface area contributed by atoms with Crippen molar-refractivity contribution >= 4 is 49.1 Å². The second-order valence-electron chi connectivity index (χ2n) is 7.74. The van der Waals surface area contributed by atoms with Gasteiger partial charge in [-0.25, -0.2) is 0 Å². The zero-order chi connectivity index (χ0) is 19.1. The van der Waals surface area contributed by atoms with Gasteiger partial charge in [0.05, 0.1) is 34.8 Å². The molecule has 0 aliphatic carbocycles. The van der Waals surface area contributed by atoms with Crippen molar-refractivity contribution in [3.8, 4) is 5.69 Å². The molecular weight excluding hydrogens is 354 g/mol. The maximum Gasteiger partial charge on any atom is 0.244 e. The minimum Gasteiger partial charge on any atom is -0.319 e. The maximum absolute atomic E-state index is 3.48. The van der Waals surface area contributed by atoms with Gasteiger partial charge in [-0.2, -0.15) is 0 Å². The Labute approximate surface area is 167 Å². The number of aromatic nitrogens is 3. The Balaban J connectivity index is 1.73. The molecule has 3 heteroatoms. The van der Waals surface area contributed by atoms with E-state index in [2.05, 4.69) is 106 Å². The Morgan fingerprint density at radius 3 is 2.24 bits per heavy atom. The molecule has 7 aromatic rings. The summed E-state index contributed by atoms with van der Waals surface area (Å²) < 4.78 is 6.67. The van der Waals surface area contributed by atoms with Crippen molar-refractivity contribution in [3.05, 3.63) is 91.3 Å². The standard InChI is InChI=1S/C26H17N3/c1-27-16-28(17-8-3-2-4-9-17)25-15-23-21(14-24(25)27)20-12-7-11-19-18-10-5-6-13-22(18)29(23)26(19)20/h2-15H,1H3. The molecular formula is C26H17N3. The molecule has 0 bridgehead atoms. The highest BCUT2D eigenvalue weighted by Crippen LogP contribution is 2.39. The number of fused-ring (bicyclic) bond motifs is 7. The Morgan fingerprint density at radius 1 is 0.655 bits per heavy atom. The van der Waals surface area contributed by atoms with Gasteiger partial charge in [0.1, 0.15) is 0 Å². The van der Waals surface area contributed by atoms with Crippen LogP contribution in [0.1, 0.15) is 0 Å². The first-order valence-corrected chi connectivity index (χ1v) is 9.87. The molecule has 136 valence electrons. The third kappa shape index (κ3) is 1.80. The number of hydrogen-bond donors (Lipinski definition) is 0. The summed E-state index contributed by atoms with van der Waals surface area (Å²) in [5.74, 6) is 0. The van der Waals surface area contributed by atoms with E-state index in [4.69, 9.17) is 0 Å². The van der Waals surface area contributed by atoms with Crippen LogP contribution in [0, 0.1) is 6.33 Å². The molecule has 0 atom stereocenters. The molecule has 0 saturated carbocycles. The quantitative estimate of drug-likeness (QED) is 0.271. The zero-order valence-corrected chi connectivity index (χ0v) is 15.9. The van der Waals surface area contributed by atoms with Crippen LogP contribution in [-0.4, -0.2) is 8.97 Å². The molecule has 0 radical (unpaired) electrons. The molecule has 0 amide bonds. The molecule has 29 heavy (non-hydrogen) atoms. The summed E-state index contributed by atoms with van der Waals surface area (Å²) >= 11 is 0. The predicted octanol–water partition coefficient (Wildman–Crippen LogP) is 5.41. The molecule has 0 saturated heterocycles. The van der Waals surface area contributed by atoms with Gasteiger partial charge in [0, 0.05) is 27.1 Å². The Morgan fingerprint density at radius 2 is 1.38 bits per heavy atom. The van der Waals surface area contributed by atoms with E-state index in [1.54, 1.807) is 0 Å². The summed E-state index contributed by atoms with van der Waals surface area (Å²) in [6.07, 6.45) is 3.48. The van der Waals surface area contributed by atoms with E-state index in [-0.39, 0.29) is 0 Å². The summed E-state index contributed by atoms with van der Waals surface area (Å²) in [5.41, 5.74) is 7.29. The van der Waals surface area contributed by atoms with Gasteiger partial charge in [0.15, 0.2) is 0 Å². The fourth-order valence-electron chi connectivity index (χ4n) is 4.93. The first-order valence-electron chi connectivity index (χ1n) is 9.87. The second kappa shape index (κ2) is 5.15. The fraction of sp³-hybridized carbons (Fsp3) is 0.0385. The molecule has 7 rings (SSSR count). The van der Waals surface area contributed by atoms with E-state index in [1.165, 1.54) is 43.6 Å². The molecule has 0 fully saturated rings. The number of aryl methyl sites for hydroxylation is 1. The van der Waals surface area contributed by atoms with Gasteiger partial charge >= 0.3 is 0 Å². The molecule has 3 heterocycles. The lowest BCUT2D eigenvalue weighted by molar-refractivity contribution is -0.649. The average molecular weight is 371 g/mol. The van der Waals surface area contributed by atoms with Crippen LogP contribution in [0.25, 0.3) is 54.8 Å². The average Bonchev–Trinajstić information content (AvgIpc) is 3.40. The highest BCUT2D eigenvalue weighted by molar-refractivity contribution is 6.24. The zero-order valence-electron chi connectivity index (χ0n) is 15.9. The van der Waals surface area contributed by atoms with Gasteiger partial charge in [0.25, 0.3) is 0 Å². The van der Waals surface area contributed by atoms with Crippen LogP contribution in [-0.2, 0) is 7.05 Å². The van der Waals surface area contributed by atoms with Crippen LogP contribution in [0.2, 0.25) is 0 Å². The molecule has 0 N–H and O–H groups in total. The molecule has 3 nitrogen and oxygen atoms in total. The number of hydrogen-bond acceptors (Lipinski definition) is 0. The molecule has 0 aliphatic rings. The van der Waals surface area contributed by atoms with E-state index in [1.807, 2.05) is 6.07 Å². The van der Waals surface area contributed by atoms with E-state index in [9.17, 15) is 0 Å². The number of imidazole rings is 1. The molecule has 0 spiro atoms. The topological polar surface area (TPSA) is 13.2 Å². The van der Waals surface area contributed by atoms with Crippen LogP contribution in [0.3, 0.4) is 0 Å². The van der Waals surface area contributed by atoms with Crippen molar-refractivity contribution in [1.29, 1.82) is 0 Å². The smallest absolute Gasteiger partial charge is 0.244 e. The van der Waals surface area contributed by atoms with Crippen molar-refractivity contribution in [1.82, 2.24) is 8.97 Å². The van der Waals surface area contributed by atoms with Crippen LogP contribution >= 0.6 is 0 Å². The first kappa shape index (κ1) is 15.1. The van der Waals surface area contributed by atoms with Crippen LogP contribution in [0.4, 0.5) is 0 Å². The third-order valence-corrected chi connectivity index (χ3v) is 6.19. The van der Waals surface area contributed by atoms with Gasteiger partial charge in [0.2, 0.25) is 6.33 Å². The molecule has 0 unspecified atom stereocenters. The number of nitrogens with zero attached hydrogens (tertiary/aromatic N) is 3. The summed E-state index contributed by atoms with van der Waals surface area (Å²) in [5, 5.41) is 5.23. The molecule has 0 aliphatic heterocycles. The molecule has 3 aromatic heterocycles. The number of benzene rings is 4. The first-order chi connectivity index (χ1) is 14.3. The summed E-state index contributed by atoms with van der Waals surface area (Å²) in [7, 11) is 2.07. The largest absolute Gasteiger partial charge is 0.319 e. The Hall–Kier alpha value is -3.85. The van der Waals surface area contributed by atoms with E-state index in [0.717, 1.165) is 11.2 Å². The highest BCUT2D eigenvalue weighted by Gasteiger charge is 2.18. The van der Waals surface area contributed by atoms with E-state index < -0.39 is 0 Å². The summed E-state index contributed by atoms with van der Waals surface area (Å²) in [6.45, 7) is 0. The van der Waals surface area contributed by atoms with Crippen molar-refractivity contribution in [2.45, 2.75) is 0 Å². The van der Waals surface area contributed by atoms with Crippen molar-refractivity contribution < 1.29 is 4.57 Å². The lowest BCUT2D eigenvalue weighted by atomic mass is 10.1. The van der Waals surface area contributed by atoms with Crippen molar-refractivity contribution in [3.63, 3.8) is 0 Å². The molecule has 4 aromatic carbocycles. The van der Waals surface area contributed by atoms with Gasteiger partial charge in [-0.15, -0.1) is 0 Å². The van der Waals surface area contributed by atoms with Crippen LogP contribution in [0.15, 0.2) is 84.9 Å². The predicted molar refractivity (Wildman–Crippen MR) is 118 cm³/mol. The maximum atomic E-state index is 3.48. The monoisotopic (exact) mass is 371 g/mol. The number of para-hydroxylation sites is 3. The van der Waals surface area contributed by atoms with E-state index in [0.29, 0.717) is 0 Å². The van der Waals surface area contributed by atoms with E-state index >= 15 is 0 Å². The van der Waals surface area contributed by atoms with Gasteiger partial charge < -0.3 is 13.5 Å². The summed E-state index contributed by atoms with van der Waals surface area (Å²) in [6, 6.07) is 30.4. The lowest BCUT2D eigenvalue weighted by Gasteiger charge is -2.05. The van der Waals surface area contributed by atoms with Crippen LogP contribution in [0.5, 0.6) is 0 Å².